The average Bonchev–Trinajstić information content (AvgIpc) is 3.23. The SMILES string of the molecule is CC(O)C(=O)N1CCC(c2ccccc2)(c2csc(NC3CCCCC3)n2)CC1. The van der Waals surface area contributed by atoms with Crippen molar-refractivity contribution < 1.29 is 9.90 Å². The summed E-state index contributed by atoms with van der Waals surface area (Å²) in [6.45, 7) is 2.83. The van der Waals surface area contributed by atoms with Crippen molar-refractivity contribution in [2.75, 3.05) is 18.4 Å². The number of thiazole rings is 1. The van der Waals surface area contributed by atoms with Crippen molar-refractivity contribution in [1.82, 2.24) is 9.88 Å². The number of amides is 1. The van der Waals surface area contributed by atoms with Crippen molar-refractivity contribution in [3.63, 3.8) is 0 Å². The molecule has 0 radical (unpaired) electrons. The molecule has 2 aliphatic rings. The molecule has 1 aromatic carbocycles. The largest absolute Gasteiger partial charge is 0.384 e. The van der Waals surface area contributed by atoms with Gasteiger partial charge < -0.3 is 15.3 Å². The van der Waals surface area contributed by atoms with Gasteiger partial charge in [-0.1, -0.05) is 49.6 Å². The molecule has 1 aliphatic carbocycles. The summed E-state index contributed by atoms with van der Waals surface area (Å²) in [6, 6.07) is 11.1. The third-order valence-electron chi connectivity index (χ3n) is 6.54. The summed E-state index contributed by atoms with van der Waals surface area (Å²) in [5, 5.41) is 16.6. The molecule has 5 nitrogen and oxygen atoms in total. The lowest BCUT2D eigenvalue weighted by molar-refractivity contribution is -0.140. The predicted molar refractivity (Wildman–Crippen MR) is 117 cm³/mol. The van der Waals surface area contributed by atoms with Gasteiger partial charge in [0.15, 0.2) is 5.13 Å². The molecular formula is C23H31N3O2S. The van der Waals surface area contributed by atoms with E-state index in [-0.39, 0.29) is 11.3 Å². The van der Waals surface area contributed by atoms with E-state index in [9.17, 15) is 9.90 Å². The van der Waals surface area contributed by atoms with Crippen LogP contribution >= 0.6 is 11.3 Å². The lowest BCUT2D eigenvalue weighted by Crippen LogP contribution is -2.48. The molecule has 1 saturated carbocycles. The van der Waals surface area contributed by atoms with Crippen LogP contribution in [0.5, 0.6) is 0 Å². The Morgan fingerprint density at radius 1 is 1.21 bits per heavy atom. The highest BCUT2D eigenvalue weighted by Crippen LogP contribution is 2.43. The Bertz CT molecular complexity index is 807. The van der Waals surface area contributed by atoms with Gasteiger partial charge in [0.05, 0.1) is 5.69 Å². The van der Waals surface area contributed by atoms with E-state index in [2.05, 4.69) is 35.0 Å². The Morgan fingerprint density at radius 3 is 2.55 bits per heavy atom. The van der Waals surface area contributed by atoms with E-state index in [1.165, 1.54) is 37.7 Å². The number of piperidine rings is 1. The van der Waals surface area contributed by atoms with Crippen molar-refractivity contribution in [1.29, 1.82) is 0 Å². The normalized spacial score (nSPS) is 21.0. The fourth-order valence-electron chi connectivity index (χ4n) is 4.80. The van der Waals surface area contributed by atoms with E-state index >= 15 is 0 Å². The Morgan fingerprint density at radius 2 is 1.90 bits per heavy atom. The standard InChI is InChI=1S/C23H31N3O2S/c1-17(27)21(28)26-14-12-23(13-15-26,18-8-4-2-5-9-18)20-16-29-22(25-20)24-19-10-6-3-7-11-19/h2,4-5,8-9,16-17,19,27H,3,6-7,10-15H2,1H3,(H,24,25). The molecule has 2 fully saturated rings. The van der Waals surface area contributed by atoms with Crippen LogP contribution in [-0.2, 0) is 10.2 Å². The number of nitrogens with zero attached hydrogens (tertiary/aromatic N) is 2. The molecule has 1 amide bonds. The molecule has 1 aliphatic heterocycles. The van der Waals surface area contributed by atoms with Gasteiger partial charge in [-0.25, -0.2) is 4.98 Å². The van der Waals surface area contributed by atoms with Crippen LogP contribution in [0.3, 0.4) is 0 Å². The van der Waals surface area contributed by atoms with Crippen molar-refractivity contribution in [3.05, 3.63) is 47.0 Å². The molecule has 29 heavy (non-hydrogen) atoms. The van der Waals surface area contributed by atoms with Crippen LogP contribution in [0.2, 0.25) is 0 Å². The zero-order valence-electron chi connectivity index (χ0n) is 17.1. The lowest BCUT2D eigenvalue weighted by atomic mass is 9.70. The summed E-state index contributed by atoms with van der Waals surface area (Å²) in [5.41, 5.74) is 2.19. The number of hydrogen-bond acceptors (Lipinski definition) is 5. The van der Waals surface area contributed by atoms with E-state index in [0.717, 1.165) is 23.7 Å². The number of aromatic nitrogens is 1. The van der Waals surface area contributed by atoms with Crippen molar-refractivity contribution in [3.8, 4) is 0 Å². The van der Waals surface area contributed by atoms with E-state index in [1.54, 1.807) is 23.2 Å². The second-order valence-electron chi connectivity index (χ2n) is 8.47. The van der Waals surface area contributed by atoms with Crippen LogP contribution in [-0.4, -0.2) is 46.1 Å². The summed E-state index contributed by atoms with van der Waals surface area (Å²) in [4.78, 5) is 19.1. The molecule has 1 aromatic heterocycles. The third-order valence-corrected chi connectivity index (χ3v) is 7.31. The first-order chi connectivity index (χ1) is 14.1. The Kier molecular flexibility index (Phi) is 6.20. The molecule has 2 heterocycles. The zero-order valence-corrected chi connectivity index (χ0v) is 18.0. The van der Waals surface area contributed by atoms with Gasteiger partial charge in [-0.15, -0.1) is 11.3 Å². The molecular weight excluding hydrogens is 382 g/mol. The molecule has 0 bridgehead atoms. The Balaban J connectivity index is 1.57. The van der Waals surface area contributed by atoms with Crippen LogP contribution in [0.15, 0.2) is 35.7 Å². The first-order valence-electron chi connectivity index (χ1n) is 10.8. The summed E-state index contributed by atoms with van der Waals surface area (Å²) >= 11 is 1.70. The van der Waals surface area contributed by atoms with Gasteiger partial charge in [0.1, 0.15) is 6.10 Å². The molecule has 1 unspecified atom stereocenters. The fraction of sp³-hybridized carbons (Fsp3) is 0.565. The monoisotopic (exact) mass is 413 g/mol. The van der Waals surface area contributed by atoms with Gasteiger partial charge >= 0.3 is 0 Å². The maximum absolute atomic E-state index is 12.3. The first kappa shape index (κ1) is 20.4. The maximum Gasteiger partial charge on any atom is 0.251 e. The van der Waals surface area contributed by atoms with Crippen LogP contribution in [0.4, 0.5) is 5.13 Å². The van der Waals surface area contributed by atoms with Crippen molar-refractivity contribution >= 4 is 22.4 Å². The number of likely N-dealkylation sites (tertiary alicyclic amines) is 1. The number of benzene rings is 1. The number of nitrogens with one attached hydrogen (secondary N) is 1. The van der Waals surface area contributed by atoms with Gasteiger partial charge in [-0.05, 0) is 38.2 Å². The maximum atomic E-state index is 12.3. The summed E-state index contributed by atoms with van der Waals surface area (Å²) < 4.78 is 0. The van der Waals surface area contributed by atoms with Crippen LogP contribution in [0.1, 0.15) is 63.1 Å². The number of anilines is 1. The first-order valence-corrected chi connectivity index (χ1v) is 11.7. The molecule has 1 saturated heterocycles. The molecule has 156 valence electrons. The molecule has 4 rings (SSSR count). The number of hydrogen-bond donors (Lipinski definition) is 2. The topological polar surface area (TPSA) is 65.5 Å². The summed E-state index contributed by atoms with van der Waals surface area (Å²) in [6.07, 6.45) is 7.12. The van der Waals surface area contributed by atoms with Gasteiger partial charge in [0.25, 0.3) is 5.91 Å². The lowest BCUT2D eigenvalue weighted by Gasteiger charge is -2.41. The van der Waals surface area contributed by atoms with Gasteiger partial charge in [-0.2, -0.15) is 0 Å². The van der Waals surface area contributed by atoms with Crippen LogP contribution in [0, 0.1) is 0 Å². The predicted octanol–water partition coefficient (Wildman–Crippen LogP) is 4.18. The molecule has 1 atom stereocenters. The Hall–Kier alpha value is -1.92. The van der Waals surface area contributed by atoms with E-state index in [0.29, 0.717) is 19.1 Å². The summed E-state index contributed by atoms with van der Waals surface area (Å²) in [7, 11) is 0. The zero-order chi connectivity index (χ0) is 20.3. The van der Waals surface area contributed by atoms with Gasteiger partial charge in [-0.3, -0.25) is 4.79 Å². The second kappa shape index (κ2) is 8.84. The van der Waals surface area contributed by atoms with Crippen LogP contribution < -0.4 is 5.32 Å². The highest BCUT2D eigenvalue weighted by molar-refractivity contribution is 7.13. The van der Waals surface area contributed by atoms with Crippen molar-refractivity contribution in [2.45, 2.75) is 69.4 Å². The second-order valence-corrected chi connectivity index (χ2v) is 9.32. The molecule has 0 spiro atoms. The minimum Gasteiger partial charge on any atom is -0.384 e. The van der Waals surface area contributed by atoms with Crippen LogP contribution in [0.25, 0.3) is 0 Å². The number of carbonyl (C=O) groups is 1. The van der Waals surface area contributed by atoms with E-state index in [1.807, 2.05) is 6.07 Å². The van der Waals surface area contributed by atoms with Crippen molar-refractivity contribution in [2.24, 2.45) is 0 Å². The van der Waals surface area contributed by atoms with E-state index in [4.69, 9.17) is 4.98 Å². The number of aliphatic hydroxyl groups excluding tert-OH is 1. The minimum absolute atomic E-state index is 0.176. The number of rotatable bonds is 5. The molecule has 6 heteroatoms. The number of carbonyl (C=O) groups excluding carboxylic acids is 1. The molecule has 2 N–H and O–H groups in total. The quantitative estimate of drug-likeness (QED) is 0.772. The third kappa shape index (κ3) is 4.33. The average molecular weight is 414 g/mol. The minimum atomic E-state index is -0.940. The highest BCUT2D eigenvalue weighted by Gasteiger charge is 2.41. The highest BCUT2D eigenvalue weighted by atomic mass is 32.1. The van der Waals surface area contributed by atoms with Gasteiger partial charge in [0.2, 0.25) is 0 Å². The number of aliphatic hydroxyl groups is 1. The smallest absolute Gasteiger partial charge is 0.251 e. The summed E-state index contributed by atoms with van der Waals surface area (Å²) in [5.74, 6) is -0.176. The van der Waals surface area contributed by atoms with Gasteiger partial charge in [0, 0.05) is 29.9 Å². The fourth-order valence-corrected chi connectivity index (χ4v) is 5.69. The Labute approximate surface area is 177 Å². The molecule has 2 aromatic rings. The van der Waals surface area contributed by atoms with E-state index < -0.39 is 6.10 Å².